The van der Waals surface area contributed by atoms with Gasteiger partial charge in [0.15, 0.2) is 0 Å². The molecular formula is C15H21N3OS. The molecule has 0 spiro atoms. The second-order valence-electron chi connectivity index (χ2n) is 4.79. The highest BCUT2D eigenvalue weighted by Gasteiger charge is 2.15. The van der Waals surface area contributed by atoms with Crippen molar-refractivity contribution in [2.45, 2.75) is 25.8 Å². The van der Waals surface area contributed by atoms with Gasteiger partial charge in [0.25, 0.3) is 0 Å². The standard InChI is InChI=1S/C15H21N3OS/c16-8-14-15(10(9-20-14)3-1-2-6-19)12-7-11(17)4-5-13(12)18/h4-5,7,9,19H,1-3,6,8,16-18H2. The third-order valence-electron chi connectivity index (χ3n) is 3.33. The maximum Gasteiger partial charge on any atom is 0.0431 e. The molecule has 4 nitrogen and oxygen atoms in total. The Morgan fingerprint density at radius 3 is 2.65 bits per heavy atom. The predicted octanol–water partition coefficient (Wildman–Crippen LogP) is 2.35. The van der Waals surface area contributed by atoms with Crippen molar-refractivity contribution in [3.8, 4) is 11.1 Å². The van der Waals surface area contributed by atoms with Gasteiger partial charge in [0.1, 0.15) is 0 Å². The number of hydrogen-bond acceptors (Lipinski definition) is 5. The summed E-state index contributed by atoms with van der Waals surface area (Å²) >= 11 is 1.66. The second kappa shape index (κ2) is 6.74. The van der Waals surface area contributed by atoms with Crippen LogP contribution in [0, 0.1) is 0 Å². The van der Waals surface area contributed by atoms with E-state index in [2.05, 4.69) is 5.38 Å². The van der Waals surface area contributed by atoms with Crippen molar-refractivity contribution in [1.29, 1.82) is 0 Å². The minimum absolute atomic E-state index is 0.226. The Kier molecular flexibility index (Phi) is 5.00. The number of anilines is 2. The molecule has 7 N–H and O–H groups in total. The van der Waals surface area contributed by atoms with Crippen LogP contribution in [0.25, 0.3) is 11.1 Å². The van der Waals surface area contributed by atoms with E-state index in [1.807, 2.05) is 12.1 Å². The van der Waals surface area contributed by atoms with Gasteiger partial charge >= 0.3 is 0 Å². The summed E-state index contributed by atoms with van der Waals surface area (Å²) in [5.41, 5.74) is 22.6. The number of rotatable bonds is 6. The molecule has 1 heterocycles. The fraction of sp³-hybridized carbons (Fsp3) is 0.333. The first kappa shape index (κ1) is 14.8. The summed E-state index contributed by atoms with van der Waals surface area (Å²) in [6.07, 6.45) is 2.67. The lowest BCUT2D eigenvalue weighted by Crippen LogP contribution is -2.00. The molecule has 2 rings (SSSR count). The summed E-state index contributed by atoms with van der Waals surface area (Å²) in [4.78, 5) is 1.13. The van der Waals surface area contributed by atoms with E-state index in [0.29, 0.717) is 12.2 Å². The minimum Gasteiger partial charge on any atom is -0.399 e. The number of hydrogen-bond donors (Lipinski definition) is 4. The van der Waals surface area contributed by atoms with E-state index in [9.17, 15) is 0 Å². The third-order valence-corrected chi connectivity index (χ3v) is 4.39. The summed E-state index contributed by atoms with van der Waals surface area (Å²) in [6.45, 7) is 0.720. The predicted molar refractivity (Wildman–Crippen MR) is 86.5 cm³/mol. The van der Waals surface area contributed by atoms with Gasteiger partial charge in [-0.25, -0.2) is 0 Å². The Hall–Kier alpha value is -1.56. The van der Waals surface area contributed by atoms with Crippen LogP contribution in [0.1, 0.15) is 23.3 Å². The van der Waals surface area contributed by atoms with Gasteiger partial charge in [0.2, 0.25) is 0 Å². The van der Waals surface area contributed by atoms with Crippen LogP contribution in [0.2, 0.25) is 0 Å². The SMILES string of the molecule is NCc1scc(CCCCO)c1-c1cc(N)ccc1N. The quantitative estimate of drug-likeness (QED) is 0.485. The van der Waals surface area contributed by atoms with Crippen LogP contribution in [-0.4, -0.2) is 11.7 Å². The molecular weight excluding hydrogens is 270 g/mol. The average molecular weight is 291 g/mol. The molecule has 0 radical (unpaired) electrons. The van der Waals surface area contributed by atoms with E-state index in [1.165, 1.54) is 5.56 Å². The van der Waals surface area contributed by atoms with Crippen LogP contribution in [0.15, 0.2) is 23.6 Å². The molecule has 0 saturated carbocycles. The largest absolute Gasteiger partial charge is 0.399 e. The van der Waals surface area contributed by atoms with Gasteiger partial charge < -0.3 is 22.3 Å². The highest BCUT2D eigenvalue weighted by molar-refractivity contribution is 7.10. The minimum atomic E-state index is 0.226. The molecule has 5 heteroatoms. The van der Waals surface area contributed by atoms with Gasteiger partial charge in [-0.05, 0) is 48.4 Å². The number of aliphatic hydroxyl groups excluding tert-OH is 1. The molecule has 0 saturated heterocycles. The molecule has 0 atom stereocenters. The molecule has 0 aliphatic carbocycles. The van der Waals surface area contributed by atoms with Gasteiger partial charge in [-0.15, -0.1) is 11.3 Å². The highest BCUT2D eigenvalue weighted by Crippen LogP contribution is 2.37. The van der Waals surface area contributed by atoms with E-state index >= 15 is 0 Å². The number of aliphatic hydroxyl groups is 1. The topological polar surface area (TPSA) is 98.3 Å². The normalized spacial score (nSPS) is 10.9. The number of nitrogens with two attached hydrogens (primary N) is 3. The van der Waals surface area contributed by atoms with Crippen molar-refractivity contribution in [2.75, 3.05) is 18.1 Å². The number of nitrogen functional groups attached to an aromatic ring is 2. The first-order valence-electron chi connectivity index (χ1n) is 6.73. The Balaban J connectivity index is 2.42. The Bertz CT molecular complexity index is 580. The first-order valence-corrected chi connectivity index (χ1v) is 7.61. The first-order chi connectivity index (χ1) is 9.67. The molecule has 20 heavy (non-hydrogen) atoms. The highest BCUT2D eigenvalue weighted by atomic mass is 32.1. The van der Waals surface area contributed by atoms with Crippen LogP contribution in [0.4, 0.5) is 11.4 Å². The third kappa shape index (κ3) is 3.12. The van der Waals surface area contributed by atoms with Crippen molar-refractivity contribution in [1.82, 2.24) is 0 Å². The number of unbranched alkanes of at least 4 members (excludes halogenated alkanes) is 1. The van der Waals surface area contributed by atoms with Crippen molar-refractivity contribution >= 4 is 22.7 Å². The van der Waals surface area contributed by atoms with E-state index in [-0.39, 0.29) is 6.61 Å². The number of aryl methyl sites for hydroxylation is 1. The Morgan fingerprint density at radius 1 is 1.15 bits per heavy atom. The summed E-state index contributed by atoms with van der Waals surface area (Å²) in [6, 6.07) is 5.55. The van der Waals surface area contributed by atoms with Crippen LogP contribution in [0.5, 0.6) is 0 Å². The lowest BCUT2D eigenvalue weighted by atomic mass is 9.96. The summed E-state index contributed by atoms with van der Waals surface area (Å²) < 4.78 is 0. The van der Waals surface area contributed by atoms with Gasteiger partial charge in [0.05, 0.1) is 0 Å². The second-order valence-corrected chi connectivity index (χ2v) is 5.75. The van der Waals surface area contributed by atoms with Crippen LogP contribution < -0.4 is 17.2 Å². The van der Waals surface area contributed by atoms with E-state index in [0.717, 1.165) is 41.0 Å². The summed E-state index contributed by atoms with van der Waals surface area (Å²) in [5.74, 6) is 0. The fourth-order valence-electron chi connectivity index (χ4n) is 2.31. The maximum absolute atomic E-state index is 8.91. The molecule has 0 aliphatic heterocycles. The average Bonchev–Trinajstić information content (AvgIpc) is 2.85. The number of benzene rings is 1. The smallest absolute Gasteiger partial charge is 0.0431 e. The molecule has 0 bridgehead atoms. The fourth-order valence-corrected chi connectivity index (χ4v) is 3.29. The van der Waals surface area contributed by atoms with E-state index in [1.54, 1.807) is 17.4 Å². The summed E-state index contributed by atoms with van der Waals surface area (Å²) in [5, 5.41) is 11.0. The van der Waals surface area contributed by atoms with Gasteiger partial charge in [-0.3, -0.25) is 0 Å². The van der Waals surface area contributed by atoms with Crippen molar-refractivity contribution in [3.63, 3.8) is 0 Å². The monoisotopic (exact) mass is 291 g/mol. The lowest BCUT2D eigenvalue weighted by molar-refractivity contribution is 0.284. The molecule has 0 amide bonds. The maximum atomic E-state index is 8.91. The van der Waals surface area contributed by atoms with Gasteiger partial charge in [-0.1, -0.05) is 0 Å². The van der Waals surface area contributed by atoms with Crippen molar-refractivity contribution in [3.05, 3.63) is 34.0 Å². The summed E-state index contributed by atoms with van der Waals surface area (Å²) in [7, 11) is 0. The van der Waals surface area contributed by atoms with E-state index < -0.39 is 0 Å². The van der Waals surface area contributed by atoms with E-state index in [4.69, 9.17) is 22.3 Å². The van der Waals surface area contributed by atoms with Crippen molar-refractivity contribution in [2.24, 2.45) is 5.73 Å². The molecule has 1 aromatic heterocycles. The molecule has 2 aromatic rings. The molecule has 0 aliphatic rings. The zero-order chi connectivity index (χ0) is 14.5. The van der Waals surface area contributed by atoms with Crippen LogP contribution >= 0.6 is 11.3 Å². The molecule has 108 valence electrons. The zero-order valence-corrected chi connectivity index (χ0v) is 12.2. The molecule has 0 unspecified atom stereocenters. The number of thiophene rings is 1. The van der Waals surface area contributed by atoms with Crippen molar-refractivity contribution < 1.29 is 5.11 Å². The Labute approximate surface area is 123 Å². The lowest BCUT2D eigenvalue weighted by Gasteiger charge is -2.11. The van der Waals surface area contributed by atoms with Gasteiger partial charge in [-0.2, -0.15) is 0 Å². The zero-order valence-electron chi connectivity index (χ0n) is 11.4. The Morgan fingerprint density at radius 2 is 1.95 bits per heavy atom. The van der Waals surface area contributed by atoms with Crippen LogP contribution in [-0.2, 0) is 13.0 Å². The molecule has 1 aromatic carbocycles. The van der Waals surface area contributed by atoms with Gasteiger partial charge in [0, 0.05) is 40.5 Å². The van der Waals surface area contributed by atoms with Crippen LogP contribution in [0.3, 0.4) is 0 Å². The molecule has 0 fully saturated rings.